The number of carbonyl (C=O) groups is 2. The number of benzene rings is 1. The van der Waals surface area contributed by atoms with Crippen molar-refractivity contribution in [3.63, 3.8) is 0 Å². The monoisotopic (exact) mass is 388 g/mol. The van der Waals surface area contributed by atoms with E-state index in [4.69, 9.17) is 4.74 Å². The molecule has 1 saturated carbocycles. The number of hydrogen-bond donors (Lipinski definition) is 1. The molecule has 1 aromatic rings. The zero-order chi connectivity index (χ0) is 20.2. The maximum Gasteiger partial charge on any atom is 0.418 e. The molecular weight excluding hydrogens is 369 g/mol. The highest BCUT2D eigenvalue weighted by atomic mass is 19.4. The van der Waals surface area contributed by atoms with Crippen molar-refractivity contribution in [1.29, 1.82) is 0 Å². The van der Waals surface area contributed by atoms with Crippen LogP contribution in [0.15, 0.2) is 18.2 Å². The lowest BCUT2D eigenvalue weighted by atomic mass is 9.89. The predicted octanol–water partition coefficient (Wildman–Crippen LogP) is 4.06. The number of rotatable bonds is 5. The van der Waals surface area contributed by atoms with E-state index in [1.165, 1.54) is 6.92 Å². The van der Waals surface area contributed by atoms with Crippen LogP contribution in [0.3, 0.4) is 0 Å². The van der Waals surface area contributed by atoms with E-state index in [0.29, 0.717) is 18.9 Å². The summed E-state index contributed by atoms with van der Waals surface area (Å²) >= 11 is 0. The lowest BCUT2D eigenvalue weighted by Gasteiger charge is -2.22. The summed E-state index contributed by atoms with van der Waals surface area (Å²) in [5.41, 5.74) is -2.74. The molecule has 1 amide bonds. The van der Waals surface area contributed by atoms with Gasteiger partial charge in [-0.25, -0.2) is 0 Å². The van der Waals surface area contributed by atoms with Crippen LogP contribution in [0.2, 0.25) is 0 Å². The molecule has 148 valence electrons. The van der Waals surface area contributed by atoms with E-state index < -0.39 is 46.0 Å². The number of anilines is 1. The molecule has 0 aromatic heterocycles. The molecule has 0 heterocycles. The predicted molar refractivity (Wildman–Crippen MR) is 88.9 cm³/mol. The first-order valence-electron chi connectivity index (χ1n) is 8.46. The molecule has 27 heavy (non-hydrogen) atoms. The molecule has 0 unspecified atom stereocenters. The Morgan fingerprint density at radius 3 is 2.44 bits per heavy atom. The van der Waals surface area contributed by atoms with Gasteiger partial charge in [-0.2, -0.15) is 13.2 Å². The number of amides is 1. The number of alkyl halides is 3. The third-order valence-electron chi connectivity index (χ3n) is 4.38. The van der Waals surface area contributed by atoms with Crippen molar-refractivity contribution in [2.24, 2.45) is 5.92 Å². The molecule has 0 spiro atoms. The second-order valence-electron chi connectivity index (χ2n) is 6.39. The zero-order valence-electron chi connectivity index (χ0n) is 14.5. The van der Waals surface area contributed by atoms with Gasteiger partial charge < -0.3 is 10.1 Å². The molecule has 0 saturated heterocycles. The summed E-state index contributed by atoms with van der Waals surface area (Å²) < 4.78 is 44.5. The fourth-order valence-electron chi connectivity index (χ4n) is 2.89. The third-order valence-corrected chi connectivity index (χ3v) is 4.38. The number of ether oxygens (including phenoxy) is 1. The lowest BCUT2D eigenvalue weighted by Crippen LogP contribution is -2.33. The molecule has 0 bridgehead atoms. The maximum atomic E-state index is 13.1. The summed E-state index contributed by atoms with van der Waals surface area (Å²) in [6.45, 7) is 1.26. The van der Waals surface area contributed by atoms with E-state index in [0.717, 1.165) is 31.4 Å². The van der Waals surface area contributed by atoms with Crippen LogP contribution < -0.4 is 5.32 Å². The Kier molecular flexibility index (Phi) is 6.40. The zero-order valence-corrected chi connectivity index (χ0v) is 14.5. The number of nitrogens with zero attached hydrogens (tertiary/aromatic N) is 1. The molecule has 1 aliphatic rings. The van der Waals surface area contributed by atoms with Gasteiger partial charge in [0, 0.05) is 12.1 Å². The van der Waals surface area contributed by atoms with Crippen LogP contribution in [-0.2, 0) is 20.5 Å². The van der Waals surface area contributed by atoms with Crippen LogP contribution >= 0.6 is 0 Å². The Hall–Kier alpha value is -2.65. The number of esters is 1. The van der Waals surface area contributed by atoms with E-state index >= 15 is 0 Å². The van der Waals surface area contributed by atoms with Crippen molar-refractivity contribution in [3.8, 4) is 0 Å². The number of carbonyl (C=O) groups excluding carboxylic acids is 2. The van der Waals surface area contributed by atoms with Gasteiger partial charge in [0.25, 0.3) is 11.6 Å². The average molecular weight is 388 g/mol. The number of nitrogens with one attached hydrogen (secondary N) is 1. The first-order valence-corrected chi connectivity index (χ1v) is 8.46. The molecule has 0 aliphatic heterocycles. The number of halogens is 3. The van der Waals surface area contributed by atoms with Gasteiger partial charge >= 0.3 is 12.1 Å². The first kappa shape index (κ1) is 20.7. The molecule has 2 rings (SSSR count). The van der Waals surface area contributed by atoms with E-state index in [9.17, 15) is 32.9 Å². The molecule has 1 fully saturated rings. The summed E-state index contributed by atoms with van der Waals surface area (Å²) in [6, 6.07) is 1.99. The number of nitro benzene ring substituents is 1. The van der Waals surface area contributed by atoms with E-state index in [1.807, 2.05) is 5.32 Å². The minimum Gasteiger partial charge on any atom is -0.452 e. The highest BCUT2D eigenvalue weighted by Crippen LogP contribution is 2.37. The van der Waals surface area contributed by atoms with Gasteiger partial charge in [-0.3, -0.25) is 19.7 Å². The van der Waals surface area contributed by atoms with Crippen LogP contribution in [0.1, 0.15) is 44.6 Å². The highest BCUT2D eigenvalue weighted by Gasteiger charge is 2.36. The molecule has 10 heteroatoms. The van der Waals surface area contributed by atoms with Gasteiger partial charge in [0.1, 0.15) is 0 Å². The Morgan fingerprint density at radius 1 is 1.26 bits per heavy atom. The molecule has 1 aromatic carbocycles. The molecule has 1 N–H and O–H groups in total. The smallest absolute Gasteiger partial charge is 0.418 e. The molecule has 1 atom stereocenters. The van der Waals surface area contributed by atoms with Crippen LogP contribution in [0, 0.1) is 16.0 Å². The Morgan fingerprint density at radius 2 is 1.89 bits per heavy atom. The minimum atomic E-state index is -4.91. The second kappa shape index (κ2) is 8.36. The van der Waals surface area contributed by atoms with Crippen molar-refractivity contribution in [3.05, 3.63) is 33.9 Å². The average Bonchev–Trinajstić information content (AvgIpc) is 2.61. The van der Waals surface area contributed by atoms with Crippen LogP contribution in [0.5, 0.6) is 0 Å². The molecule has 0 radical (unpaired) electrons. The number of hydrogen-bond acceptors (Lipinski definition) is 5. The fraction of sp³-hybridized carbons (Fsp3) is 0.529. The van der Waals surface area contributed by atoms with Gasteiger partial charge in [0.05, 0.1) is 22.1 Å². The largest absolute Gasteiger partial charge is 0.452 e. The second-order valence-corrected chi connectivity index (χ2v) is 6.39. The van der Waals surface area contributed by atoms with Crippen molar-refractivity contribution >= 4 is 23.3 Å². The normalized spacial score (nSPS) is 16.4. The van der Waals surface area contributed by atoms with Gasteiger partial charge in [-0.05, 0) is 25.8 Å². The van der Waals surface area contributed by atoms with Gasteiger partial charge in [-0.1, -0.05) is 19.3 Å². The summed E-state index contributed by atoms with van der Waals surface area (Å²) in [5.74, 6) is -1.80. The minimum absolute atomic E-state index is 0.306. The van der Waals surface area contributed by atoms with Crippen LogP contribution in [0.4, 0.5) is 24.5 Å². The maximum absolute atomic E-state index is 13.1. The molecule has 1 aliphatic carbocycles. The Bertz CT molecular complexity index is 730. The molecule has 7 nitrogen and oxygen atoms in total. The highest BCUT2D eigenvalue weighted by molar-refractivity contribution is 5.96. The number of nitro groups is 1. The quantitative estimate of drug-likeness (QED) is 0.466. The summed E-state index contributed by atoms with van der Waals surface area (Å²) in [7, 11) is 0. The van der Waals surface area contributed by atoms with Crippen LogP contribution in [0.25, 0.3) is 0 Å². The van der Waals surface area contributed by atoms with Crippen molar-refractivity contribution < 1.29 is 32.4 Å². The molecular formula is C17H19F3N2O5. The van der Waals surface area contributed by atoms with Crippen LogP contribution in [-0.4, -0.2) is 22.9 Å². The van der Waals surface area contributed by atoms with Gasteiger partial charge in [0.2, 0.25) is 0 Å². The van der Waals surface area contributed by atoms with E-state index in [2.05, 4.69) is 0 Å². The summed E-state index contributed by atoms with van der Waals surface area (Å²) in [5, 5.41) is 12.7. The van der Waals surface area contributed by atoms with Gasteiger partial charge in [0.15, 0.2) is 6.10 Å². The summed E-state index contributed by atoms with van der Waals surface area (Å²) in [4.78, 5) is 33.9. The Balaban J connectivity index is 2.09. The fourth-order valence-corrected chi connectivity index (χ4v) is 2.89. The topological polar surface area (TPSA) is 98.5 Å². The lowest BCUT2D eigenvalue weighted by molar-refractivity contribution is -0.385. The number of non-ortho nitro benzene ring substituents is 1. The van der Waals surface area contributed by atoms with Crippen molar-refractivity contribution in [1.82, 2.24) is 0 Å². The Labute approximate surface area is 153 Å². The SMILES string of the molecule is C[C@H](OC(=O)C1CCCCC1)C(=O)Nc1ccc([N+](=O)[O-])cc1C(F)(F)F. The van der Waals surface area contributed by atoms with Gasteiger partial charge in [-0.15, -0.1) is 0 Å². The standard InChI is InChI=1S/C17H19F3N2O5/c1-10(27-16(24)11-5-3-2-4-6-11)15(23)21-14-8-7-12(22(25)26)9-13(14)17(18,19)20/h7-11H,2-6H2,1H3,(H,21,23)/t10-/m0/s1. The van der Waals surface area contributed by atoms with Crippen molar-refractivity contribution in [2.75, 3.05) is 5.32 Å². The van der Waals surface area contributed by atoms with E-state index in [1.54, 1.807) is 0 Å². The van der Waals surface area contributed by atoms with Crippen molar-refractivity contribution in [2.45, 2.75) is 51.3 Å². The summed E-state index contributed by atoms with van der Waals surface area (Å²) in [6.07, 6.45) is -2.08. The van der Waals surface area contributed by atoms with E-state index in [-0.39, 0.29) is 5.92 Å². The first-order chi connectivity index (χ1) is 12.6. The third kappa shape index (κ3) is 5.41.